The number of carbonyl (C=O) groups excluding carboxylic acids is 1. The average molecular weight is 373 g/mol. The Morgan fingerprint density at radius 2 is 1.88 bits per heavy atom. The van der Waals surface area contributed by atoms with E-state index in [1.165, 1.54) is 36.4 Å². The maximum Gasteiger partial charge on any atom is 0.261 e. The summed E-state index contributed by atoms with van der Waals surface area (Å²) >= 11 is 3.31. The summed E-state index contributed by atoms with van der Waals surface area (Å²) in [4.78, 5) is 17.3. The molecule has 3 aliphatic heterocycles. The topological polar surface area (TPSA) is 32.3 Å². The number of aryl methyl sites for hydroxylation is 1. The van der Waals surface area contributed by atoms with E-state index >= 15 is 0 Å². The van der Waals surface area contributed by atoms with Crippen LogP contribution in [-0.2, 0) is 0 Å². The summed E-state index contributed by atoms with van der Waals surface area (Å²) in [5, 5.41) is 3.32. The Hall–Kier alpha value is -1.30. The van der Waals surface area contributed by atoms with Gasteiger partial charge in [-0.05, 0) is 70.0 Å². The minimum atomic E-state index is 0.0892. The number of thiophene rings is 1. The highest BCUT2D eigenvalue weighted by molar-refractivity contribution is 8.01. The second-order valence-corrected chi connectivity index (χ2v) is 9.60. The Bertz CT molecular complexity index is 745. The minimum Gasteiger partial charge on any atom is -0.347 e. The Morgan fingerprint density at radius 3 is 2.56 bits per heavy atom. The van der Waals surface area contributed by atoms with Gasteiger partial charge >= 0.3 is 0 Å². The third kappa shape index (κ3) is 3.64. The number of amides is 1. The third-order valence-corrected chi connectivity index (χ3v) is 7.74. The third-order valence-electron chi connectivity index (χ3n) is 5.52. The molecule has 0 spiro atoms. The first-order valence-electron chi connectivity index (χ1n) is 8.99. The first kappa shape index (κ1) is 17.1. The first-order chi connectivity index (χ1) is 12.1. The summed E-state index contributed by atoms with van der Waals surface area (Å²) < 4.78 is 1.16. The Morgan fingerprint density at radius 1 is 1.16 bits per heavy atom. The van der Waals surface area contributed by atoms with Crippen molar-refractivity contribution in [2.45, 2.75) is 47.9 Å². The second kappa shape index (κ2) is 7.14. The fourth-order valence-corrected chi connectivity index (χ4v) is 5.99. The van der Waals surface area contributed by atoms with Crippen LogP contribution in [0.15, 0.2) is 45.5 Å². The van der Waals surface area contributed by atoms with Gasteiger partial charge in [-0.25, -0.2) is 0 Å². The van der Waals surface area contributed by atoms with Gasteiger partial charge in [0, 0.05) is 17.0 Å². The number of nitrogens with one attached hydrogen (secondary N) is 1. The molecule has 1 aromatic heterocycles. The number of nitrogens with zero attached hydrogens (tertiary/aromatic N) is 1. The Labute approximate surface area is 157 Å². The second-order valence-electron chi connectivity index (χ2n) is 7.15. The minimum absolute atomic E-state index is 0.0892. The van der Waals surface area contributed by atoms with E-state index in [1.54, 1.807) is 23.1 Å². The molecule has 132 valence electrons. The molecule has 5 heteroatoms. The smallest absolute Gasteiger partial charge is 0.261 e. The molecule has 1 amide bonds. The Kier molecular flexibility index (Phi) is 4.89. The molecular weight excluding hydrogens is 348 g/mol. The van der Waals surface area contributed by atoms with E-state index in [1.807, 2.05) is 6.07 Å². The van der Waals surface area contributed by atoms with Crippen molar-refractivity contribution in [2.24, 2.45) is 5.92 Å². The van der Waals surface area contributed by atoms with Gasteiger partial charge in [-0.15, -0.1) is 11.3 Å². The zero-order valence-corrected chi connectivity index (χ0v) is 16.3. The predicted molar refractivity (Wildman–Crippen MR) is 105 cm³/mol. The number of hydrogen-bond acceptors (Lipinski definition) is 4. The van der Waals surface area contributed by atoms with Crippen LogP contribution in [0.25, 0.3) is 0 Å². The molecular formula is C20H24N2OS2. The molecule has 1 N–H and O–H groups in total. The number of rotatable bonds is 4. The molecule has 3 aliphatic rings. The molecule has 2 unspecified atom stereocenters. The summed E-state index contributed by atoms with van der Waals surface area (Å²) in [5.41, 5.74) is 1.27. The first-order valence-corrected chi connectivity index (χ1v) is 10.6. The SMILES string of the molecule is Cc1ccc(Sc2ccc(C(=O)NC3C4CCN(CC4)C3C)s2)cc1. The molecule has 0 radical (unpaired) electrons. The molecule has 2 bridgehead atoms. The number of benzene rings is 1. The fraction of sp³-hybridized carbons (Fsp3) is 0.450. The molecule has 3 saturated heterocycles. The van der Waals surface area contributed by atoms with Crippen molar-refractivity contribution in [3.8, 4) is 0 Å². The molecule has 5 rings (SSSR count). The van der Waals surface area contributed by atoms with E-state index in [0.717, 1.165) is 9.09 Å². The summed E-state index contributed by atoms with van der Waals surface area (Å²) in [5.74, 6) is 0.733. The molecule has 0 saturated carbocycles. The molecule has 3 nitrogen and oxygen atoms in total. The zero-order chi connectivity index (χ0) is 17.4. The van der Waals surface area contributed by atoms with Gasteiger partial charge < -0.3 is 5.32 Å². The van der Waals surface area contributed by atoms with E-state index in [0.29, 0.717) is 18.0 Å². The van der Waals surface area contributed by atoms with Crippen molar-refractivity contribution in [3.63, 3.8) is 0 Å². The van der Waals surface area contributed by atoms with Gasteiger partial charge in [-0.1, -0.05) is 29.5 Å². The van der Waals surface area contributed by atoms with Crippen LogP contribution in [0, 0.1) is 12.8 Å². The monoisotopic (exact) mass is 372 g/mol. The maximum atomic E-state index is 12.7. The van der Waals surface area contributed by atoms with E-state index in [-0.39, 0.29) is 5.91 Å². The van der Waals surface area contributed by atoms with Crippen LogP contribution >= 0.6 is 23.1 Å². The number of carbonyl (C=O) groups is 1. The van der Waals surface area contributed by atoms with Crippen molar-refractivity contribution in [1.29, 1.82) is 0 Å². The lowest BCUT2D eigenvalue weighted by atomic mass is 9.79. The normalized spacial score (nSPS) is 28.1. The molecule has 1 aromatic carbocycles. The summed E-state index contributed by atoms with van der Waals surface area (Å²) in [6, 6.07) is 13.3. The van der Waals surface area contributed by atoms with Crippen molar-refractivity contribution < 1.29 is 4.79 Å². The average Bonchev–Trinajstić information content (AvgIpc) is 3.09. The van der Waals surface area contributed by atoms with E-state index in [9.17, 15) is 4.79 Å². The van der Waals surface area contributed by atoms with Gasteiger partial charge in [0.25, 0.3) is 5.91 Å². The van der Waals surface area contributed by atoms with Crippen LogP contribution in [0.2, 0.25) is 0 Å². The lowest BCUT2D eigenvalue weighted by Gasteiger charge is -2.49. The summed E-state index contributed by atoms with van der Waals surface area (Å²) in [6.45, 7) is 6.73. The van der Waals surface area contributed by atoms with Gasteiger partial charge in [0.15, 0.2) is 0 Å². The van der Waals surface area contributed by atoms with Crippen molar-refractivity contribution in [2.75, 3.05) is 13.1 Å². The quantitative estimate of drug-likeness (QED) is 0.862. The van der Waals surface area contributed by atoms with Gasteiger partial charge in [-0.2, -0.15) is 0 Å². The molecule has 25 heavy (non-hydrogen) atoms. The van der Waals surface area contributed by atoms with Crippen LogP contribution in [-0.4, -0.2) is 36.0 Å². The van der Waals surface area contributed by atoms with Gasteiger partial charge in [0.2, 0.25) is 0 Å². The molecule has 2 aromatic rings. The van der Waals surface area contributed by atoms with Gasteiger partial charge in [0.1, 0.15) is 0 Å². The van der Waals surface area contributed by atoms with Crippen molar-refractivity contribution in [1.82, 2.24) is 10.2 Å². The Balaban J connectivity index is 1.41. The predicted octanol–water partition coefficient (Wildman–Crippen LogP) is 4.42. The van der Waals surface area contributed by atoms with Gasteiger partial charge in [-0.3, -0.25) is 9.69 Å². The van der Waals surface area contributed by atoms with Crippen LogP contribution in [0.5, 0.6) is 0 Å². The standard InChI is InChI=1S/C20H24N2OS2/c1-13-3-5-16(6-4-13)24-18-8-7-17(25-18)20(23)21-19-14(2)22-11-9-15(19)10-12-22/h3-8,14-15,19H,9-12H2,1-2H3,(H,21,23). The number of hydrogen-bond donors (Lipinski definition) is 1. The zero-order valence-electron chi connectivity index (χ0n) is 14.7. The van der Waals surface area contributed by atoms with E-state index in [4.69, 9.17) is 0 Å². The summed E-state index contributed by atoms with van der Waals surface area (Å²) in [7, 11) is 0. The highest BCUT2D eigenvalue weighted by Gasteiger charge is 2.40. The number of piperidine rings is 3. The molecule has 4 heterocycles. The highest BCUT2D eigenvalue weighted by Crippen LogP contribution is 2.35. The maximum absolute atomic E-state index is 12.7. The number of fused-ring (bicyclic) bond motifs is 3. The van der Waals surface area contributed by atoms with E-state index in [2.05, 4.69) is 54.4 Å². The lowest BCUT2D eigenvalue weighted by molar-refractivity contribution is 0.0218. The lowest BCUT2D eigenvalue weighted by Crippen LogP contribution is -2.62. The van der Waals surface area contributed by atoms with Crippen LogP contribution in [0.4, 0.5) is 0 Å². The largest absolute Gasteiger partial charge is 0.347 e. The van der Waals surface area contributed by atoms with Crippen molar-refractivity contribution in [3.05, 3.63) is 46.8 Å². The van der Waals surface area contributed by atoms with Gasteiger partial charge in [0.05, 0.1) is 9.09 Å². The van der Waals surface area contributed by atoms with Crippen LogP contribution in [0.1, 0.15) is 35.0 Å². The fourth-order valence-electron chi connectivity index (χ4n) is 3.99. The summed E-state index contributed by atoms with van der Waals surface area (Å²) in [6.07, 6.45) is 2.43. The highest BCUT2D eigenvalue weighted by atomic mass is 32.2. The van der Waals surface area contributed by atoms with Crippen LogP contribution in [0.3, 0.4) is 0 Å². The van der Waals surface area contributed by atoms with Crippen LogP contribution < -0.4 is 5.32 Å². The molecule has 2 atom stereocenters. The molecule has 3 fully saturated rings. The van der Waals surface area contributed by atoms with E-state index < -0.39 is 0 Å². The van der Waals surface area contributed by atoms with Crippen molar-refractivity contribution >= 4 is 29.0 Å². The molecule has 0 aliphatic carbocycles.